The van der Waals surface area contributed by atoms with Crippen LogP contribution in [0.15, 0.2) is 23.6 Å². The zero-order valence-electron chi connectivity index (χ0n) is 16.7. The normalized spacial score (nSPS) is 13.5. The molecular formula is C18H25N6O6Tc+. The number of carbonyl (C=O) groups is 3. The molecule has 0 fully saturated rings. The fraction of sp³-hybridized carbons (Fsp3) is 0.500. The van der Waals surface area contributed by atoms with Crippen molar-refractivity contribution >= 4 is 23.7 Å². The van der Waals surface area contributed by atoms with Crippen LogP contribution in [-0.2, 0) is 47.6 Å². The van der Waals surface area contributed by atoms with Crippen molar-refractivity contribution in [1.82, 2.24) is 19.4 Å². The van der Waals surface area contributed by atoms with Crippen molar-refractivity contribution in [2.24, 2.45) is 10.7 Å². The summed E-state index contributed by atoms with van der Waals surface area (Å²) < 4.78 is 1.52. The zero-order valence-corrected chi connectivity index (χ0v) is 18.6. The molecule has 0 spiro atoms. The molecule has 1 aliphatic rings. The predicted octanol–water partition coefficient (Wildman–Crippen LogP) is -0.578. The molecule has 5 N–H and O–H groups in total. The van der Waals surface area contributed by atoms with Crippen LogP contribution in [0.5, 0.6) is 0 Å². The number of unbranched alkanes of at least 4 members (excludes halogenated alkanes) is 1. The first-order valence-corrected chi connectivity index (χ1v) is 9.32. The van der Waals surface area contributed by atoms with Crippen LogP contribution in [0.2, 0.25) is 0 Å². The van der Waals surface area contributed by atoms with Crippen LogP contribution in [0, 0.1) is 6.20 Å². The number of aliphatic carboxylic acids is 3. The molecule has 0 bridgehead atoms. The van der Waals surface area contributed by atoms with E-state index in [0.29, 0.717) is 50.6 Å². The molecule has 1 radical (unpaired) electrons. The molecule has 31 heavy (non-hydrogen) atoms. The van der Waals surface area contributed by atoms with Gasteiger partial charge in [-0.15, -0.1) is 0 Å². The summed E-state index contributed by atoms with van der Waals surface area (Å²) in [4.78, 5) is 44.7. The van der Waals surface area contributed by atoms with Crippen molar-refractivity contribution < 1.29 is 49.8 Å². The summed E-state index contributed by atoms with van der Waals surface area (Å²) in [5.74, 6) is -2.01. The standard InChI is InChI=1S/C18H24N6O6.Tc/c19-13(18(29)30)3-1-2-6-22(9-14-20-4-7-23(14)11-16(25)26)10-15-21-5-8-24(15)12-17(27)28;/h4,7-8,13H,1-3,6,9-12,19H2,(H2-,25,26,27,28,29,30);/p+1/t13-;/m0./s1. The Kier molecular flexibility index (Phi) is 10.9. The van der Waals surface area contributed by atoms with Gasteiger partial charge in [-0.1, -0.05) is 6.42 Å². The summed E-state index contributed by atoms with van der Waals surface area (Å²) in [5, 5.41) is 27.0. The van der Waals surface area contributed by atoms with Crippen LogP contribution in [0.25, 0.3) is 0 Å². The van der Waals surface area contributed by atoms with Gasteiger partial charge in [-0.2, -0.15) is 0 Å². The number of nitrogens with zero attached hydrogens (tertiary/aromatic N) is 5. The summed E-state index contributed by atoms with van der Waals surface area (Å²) in [7, 11) is 0. The largest absolute Gasteiger partial charge is 0.480 e. The minimum atomic E-state index is -1.05. The van der Waals surface area contributed by atoms with Gasteiger partial charge in [-0.3, -0.25) is 19.3 Å². The van der Waals surface area contributed by atoms with E-state index in [1.807, 2.05) is 4.90 Å². The molecule has 1 aliphatic heterocycles. The van der Waals surface area contributed by atoms with E-state index < -0.39 is 23.9 Å². The van der Waals surface area contributed by atoms with Gasteiger partial charge in [0.25, 0.3) is 5.84 Å². The number of hydrogen-bond donors (Lipinski definition) is 4. The Morgan fingerprint density at radius 1 is 1.13 bits per heavy atom. The summed E-state index contributed by atoms with van der Waals surface area (Å²) in [6, 6.07) is -0.919. The Balaban J connectivity index is 0.00000480. The molecule has 0 saturated heterocycles. The van der Waals surface area contributed by atoms with Gasteiger partial charge in [0, 0.05) is 44.0 Å². The molecule has 0 amide bonds. The number of aromatic nitrogens is 2. The summed E-state index contributed by atoms with van der Waals surface area (Å²) in [6.45, 7) is 0.665. The van der Waals surface area contributed by atoms with Crippen molar-refractivity contribution in [3.05, 3.63) is 30.6 Å². The summed E-state index contributed by atoms with van der Waals surface area (Å²) in [6.07, 6.45) is 8.75. The van der Waals surface area contributed by atoms with E-state index >= 15 is 0 Å². The molecule has 2 rings (SSSR count). The zero-order chi connectivity index (χ0) is 22.1. The van der Waals surface area contributed by atoms with Gasteiger partial charge >= 0.3 is 17.9 Å². The van der Waals surface area contributed by atoms with E-state index in [1.165, 1.54) is 21.9 Å². The van der Waals surface area contributed by atoms with Gasteiger partial charge in [0.2, 0.25) is 6.20 Å². The van der Waals surface area contributed by atoms with Crippen molar-refractivity contribution in [1.29, 1.82) is 0 Å². The molecule has 2 heterocycles. The van der Waals surface area contributed by atoms with E-state index in [9.17, 15) is 14.4 Å². The van der Waals surface area contributed by atoms with Crippen molar-refractivity contribution in [3.63, 3.8) is 0 Å². The topological polar surface area (TPSA) is 175 Å². The molecule has 0 aromatic carbocycles. The Bertz CT molecular complexity index is 826. The first-order chi connectivity index (χ1) is 14.3. The molecule has 12 nitrogen and oxygen atoms in total. The van der Waals surface area contributed by atoms with Gasteiger partial charge in [-0.05, 0) is 12.8 Å². The molecule has 169 valence electrons. The van der Waals surface area contributed by atoms with E-state index in [1.54, 1.807) is 6.20 Å². The second kappa shape index (κ2) is 12.9. The number of carboxylic acid groups (broad SMARTS) is 3. The number of imidazole rings is 1. The molecule has 1 aromatic rings. The van der Waals surface area contributed by atoms with E-state index in [0.717, 1.165) is 0 Å². The smallest absolute Gasteiger partial charge is 0.325 e. The first-order valence-electron chi connectivity index (χ1n) is 9.32. The molecule has 1 aromatic heterocycles. The number of aliphatic imine (C=N–C) groups is 1. The summed E-state index contributed by atoms with van der Waals surface area (Å²) >= 11 is 0. The monoisotopic (exact) mass is 518 g/mol. The second-order valence-electron chi connectivity index (χ2n) is 6.82. The Hall–Kier alpha value is -2.69. The van der Waals surface area contributed by atoms with Crippen LogP contribution in [0.1, 0.15) is 25.1 Å². The van der Waals surface area contributed by atoms with Crippen molar-refractivity contribution in [2.45, 2.75) is 38.4 Å². The molecule has 0 unspecified atom stereocenters. The molecule has 0 aliphatic carbocycles. The Labute approximate surface area is 192 Å². The molecule has 13 heteroatoms. The van der Waals surface area contributed by atoms with Crippen LogP contribution in [0.3, 0.4) is 0 Å². The van der Waals surface area contributed by atoms with Gasteiger partial charge in [0.05, 0.1) is 6.54 Å². The fourth-order valence-corrected chi connectivity index (χ4v) is 2.94. The number of amidine groups is 1. The van der Waals surface area contributed by atoms with Gasteiger partial charge in [-0.25, -0.2) is 9.88 Å². The minimum absolute atomic E-state index is 0. The molecule has 1 atom stereocenters. The predicted molar refractivity (Wildman–Crippen MR) is 104 cm³/mol. The second-order valence-corrected chi connectivity index (χ2v) is 6.82. The van der Waals surface area contributed by atoms with Crippen LogP contribution < -0.4 is 5.73 Å². The average Bonchev–Trinajstić information content (AvgIpc) is 3.27. The third kappa shape index (κ3) is 8.91. The maximum atomic E-state index is 11.0. The van der Waals surface area contributed by atoms with Crippen molar-refractivity contribution in [2.75, 3.05) is 19.6 Å². The Morgan fingerprint density at radius 3 is 2.48 bits per heavy atom. The third-order valence-electron chi connectivity index (χ3n) is 4.44. The summed E-state index contributed by atoms with van der Waals surface area (Å²) in [5.41, 5.74) is 5.53. The average molecular weight is 519 g/mol. The maximum Gasteiger partial charge on any atom is 0.325 e. The maximum absolute atomic E-state index is 11.0. The number of rotatable bonds is 14. The van der Waals surface area contributed by atoms with Crippen LogP contribution in [-0.4, -0.2) is 84.1 Å². The fourth-order valence-electron chi connectivity index (χ4n) is 2.94. The minimum Gasteiger partial charge on any atom is -0.480 e. The SMILES string of the molecule is N[C@@H](CCCCN(CC1=N[C+]=CN1CC(=O)O)Cc1nccn1CC(=O)O)C(=O)O.[Tc]. The number of carboxylic acids is 3. The van der Waals surface area contributed by atoms with Crippen molar-refractivity contribution in [3.8, 4) is 0 Å². The van der Waals surface area contributed by atoms with Gasteiger partial charge in [0.1, 0.15) is 31.5 Å². The molecule has 0 saturated carbocycles. The van der Waals surface area contributed by atoms with Gasteiger partial charge in [0.15, 0.2) is 6.20 Å². The van der Waals surface area contributed by atoms with E-state index in [2.05, 4.69) is 16.2 Å². The first kappa shape index (κ1) is 26.3. The Morgan fingerprint density at radius 2 is 1.84 bits per heavy atom. The van der Waals surface area contributed by atoms with Crippen LogP contribution in [0.4, 0.5) is 0 Å². The number of hydrogen-bond acceptors (Lipinski definition) is 8. The third-order valence-corrected chi connectivity index (χ3v) is 4.44. The van der Waals surface area contributed by atoms with Gasteiger partial charge < -0.3 is 25.6 Å². The van der Waals surface area contributed by atoms with E-state index in [4.69, 9.17) is 21.1 Å². The van der Waals surface area contributed by atoms with E-state index in [-0.39, 0.29) is 33.2 Å². The van der Waals surface area contributed by atoms with Crippen LogP contribution >= 0.6 is 0 Å². The quantitative estimate of drug-likeness (QED) is 0.184. The molecular weight excluding hydrogens is 494 g/mol. The number of nitrogens with two attached hydrogens (primary N) is 1.